The summed E-state index contributed by atoms with van der Waals surface area (Å²) in [6.45, 7) is 4.27. The number of benzene rings is 1. The van der Waals surface area contributed by atoms with Crippen LogP contribution in [0.2, 0.25) is 0 Å². The summed E-state index contributed by atoms with van der Waals surface area (Å²) in [6.07, 6.45) is 0. The van der Waals surface area contributed by atoms with E-state index in [4.69, 9.17) is 4.99 Å². The average molecular weight is 217 g/mol. The molecule has 1 atom stereocenters. The fraction of sp³-hybridized carbons (Fsp3) is 0.462. The molecule has 1 saturated heterocycles. The lowest BCUT2D eigenvalue weighted by Gasteiger charge is -2.18. The van der Waals surface area contributed by atoms with Crippen molar-refractivity contribution >= 4 is 5.96 Å². The molecule has 0 bridgehead atoms. The smallest absolute Gasteiger partial charge is 0.196 e. The van der Waals surface area contributed by atoms with Crippen molar-refractivity contribution in [3.8, 4) is 0 Å². The lowest BCUT2D eigenvalue weighted by Crippen LogP contribution is -2.28. The highest BCUT2D eigenvalue weighted by molar-refractivity contribution is 5.81. The lowest BCUT2D eigenvalue weighted by molar-refractivity contribution is 0.553. The molecular formula is C13H19N3. The van der Waals surface area contributed by atoms with E-state index >= 15 is 0 Å². The van der Waals surface area contributed by atoms with E-state index in [9.17, 15) is 0 Å². The lowest BCUT2D eigenvalue weighted by atomic mass is 10.1. The van der Waals surface area contributed by atoms with Crippen molar-refractivity contribution in [2.45, 2.75) is 13.0 Å². The molecule has 0 radical (unpaired) electrons. The molecule has 86 valence electrons. The van der Waals surface area contributed by atoms with E-state index in [2.05, 4.69) is 55.1 Å². The third-order valence-corrected chi connectivity index (χ3v) is 3.04. The molecule has 1 fully saturated rings. The molecular weight excluding hydrogens is 198 g/mol. The van der Waals surface area contributed by atoms with Crippen LogP contribution in [0.3, 0.4) is 0 Å². The molecule has 0 unspecified atom stereocenters. The fourth-order valence-corrected chi connectivity index (χ4v) is 1.97. The van der Waals surface area contributed by atoms with Gasteiger partial charge in [0.2, 0.25) is 0 Å². The molecule has 1 aliphatic rings. The summed E-state index contributed by atoms with van der Waals surface area (Å²) in [6, 6.07) is 10.6. The molecule has 0 amide bonds. The first-order valence-electron chi connectivity index (χ1n) is 5.73. The molecule has 2 rings (SSSR count). The molecule has 0 N–H and O–H groups in total. The Hall–Kier alpha value is -1.51. The molecule has 3 nitrogen and oxygen atoms in total. The van der Waals surface area contributed by atoms with Crippen molar-refractivity contribution in [2.24, 2.45) is 4.99 Å². The Morgan fingerprint density at radius 2 is 1.62 bits per heavy atom. The second-order valence-corrected chi connectivity index (χ2v) is 4.36. The van der Waals surface area contributed by atoms with Crippen LogP contribution in [-0.2, 0) is 0 Å². The number of nitrogens with zero attached hydrogens (tertiary/aromatic N) is 3. The highest BCUT2D eigenvalue weighted by atomic mass is 15.4. The Bertz CT molecular complexity index is 360. The topological polar surface area (TPSA) is 18.8 Å². The summed E-state index contributed by atoms with van der Waals surface area (Å²) in [5.74, 6) is 1.09. The molecule has 0 aromatic heterocycles. The minimum Gasteiger partial charge on any atom is -0.344 e. The molecule has 1 heterocycles. The minimum atomic E-state index is 0.221. The van der Waals surface area contributed by atoms with Gasteiger partial charge in [-0.25, -0.2) is 4.99 Å². The van der Waals surface area contributed by atoms with Crippen LogP contribution in [0, 0.1) is 0 Å². The predicted molar refractivity (Wildman–Crippen MR) is 67.6 cm³/mol. The molecule has 1 aromatic carbocycles. The SMILES string of the molecule is C[C@H](N=C1N(C)CCN1C)c1ccccc1. The first kappa shape index (κ1) is 11.0. The summed E-state index contributed by atoms with van der Waals surface area (Å²) in [7, 11) is 4.19. The molecule has 1 aromatic rings. The van der Waals surface area contributed by atoms with Crippen molar-refractivity contribution in [3.63, 3.8) is 0 Å². The zero-order valence-corrected chi connectivity index (χ0v) is 10.2. The third kappa shape index (κ3) is 2.18. The van der Waals surface area contributed by atoms with Gasteiger partial charge in [-0.3, -0.25) is 0 Å². The van der Waals surface area contributed by atoms with E-state index in [1.807, 2.05) is 6.07 Å². The molecule has 16 heavy (non-hydrogen) atoms. The van der Waals surface area contributed by atoms with Crippen molar-refractivity contribution in [2.75, 3.05) is 27.2 Å². The second kappa shape index (κ2) is 4.56. The van der Waals surface area contributed by atoms with E-state index in [0.717, 1.165) is 19.0 Å². The molecule has 0 saturated carbocycles. The fourth-order valence-electron chi connectivity index (χ4n) is 1.97. The van der Waals surface area contributed by atoms with Gasteiger partial charge in [-0.1, -0.05) is 30.3 Å². The Labute approximate surface area is 97.4 Å². The first-order chi connectivity index (χ1) is 7.68. The zero-order chi connectivity index (χ0) is 11.5. The van der Waals surface area contributed by atoms with Crippen LogP contribution in [0.5, 0.6) is 0 Å². The van der Waals surface area contributed by atoms with Gasteiger partial charge >= 0.3 is 0 Å². The van der Waals surface area contributed by atoms with E-state index in [1.165, 1.54) is 5.56 Å². The van der Waals surface area contributed by atoms with Crippen LogP contribution in [0.15, 0.2) is 35.3 Å². The summed E-state index contributed by atoms with van der Waals surface area (Å²) >= 11 is 0. The van der Waals surface area contributed by atoms with Gasteiger partial charge in [-0.05, 0) is 12.5 Å². The minimum absolute atomic E-state index is 0.221. The highest BCUT2D eigenvalue weighted by Crippen LogP contribution is 2.18. The summed E-state index contributed by atoms with van der Waals surface area (Å²) < 4.78 is 0. The Balaban J connectivity index is 2.17. The molecule has 3 heteroatoms. The van der Waals surface area contributed by atoms with Crippen LogP contribution in [0.4, 0.5) is 0 Å². The molecule has 0 spiro atoms. The van der Waals surface area contributed by atoms with Crippen molar-refractivity contribution in [1.82, 2.24) is 9.80 Å². The quantitative estimate of drug-likeness (QED) is 0.754. The average Bonchev–Trinajstić information content (AvgIpc) is 2.62. The number of hydrogen-bond donors (Lipinski definition) is 0. The summed E-state index contributed by atoms with van der Waals surface area (Å²) in [5.41, 5.74) is 1.27. The van der Waals surface area contributed by atoms with Gasteiger partial charge in [0.15, 0.2) is 5.96 Å². The second-order valence-electron chi connectivity index (χ2n) is 4.36. The number of aliphatic imine (C=N–C) groups is 1. The first-order valence-corrected chi connectivity index (χ1v) is 5.73. The summed E-state index contributed by atoms with van der Waals surface area (Å²) in [5, 5.41) is 0. The monoisotopic (exact) mass is 217 g/mol. The zero-order valence-electron chi connectivity index (χ0n) is 10.2. The van der Waals surface area contributed by atoms with Crippen molar-refractivity contribution in [3.05, 3.63) is 35.9 Å². The van der Waals surface area contributed by atoms with E-state index < -0.39 is 0 Å². The number of likely N-dealkylation sites (N-methyl/N-ethyl adjacent to an activating group) is 2. The van der Waals surface area contributed by atoms with Crippen LogP contribution < -0.4 is 0 Å². The van der Waals surface area contributed by atoms with E-state index in [0.29, 0.717) is 0 Å². The standard InChI is InChI=1S/C13H19N3/c1-11(12-7-5-4-6-8-12)14-13-15(2)9-10-16(13)3/h4-8,11H,9-10H2,1-3H3/t11-/m0/s1. The van der Waals surface area contributed by atoms with Gasteiger partial charge in [-0.15, -0.1) is 0 Å². The summed E-state index contributed by atoms with van der Waals surface area (Å²) in [4.78, 5) is 9.19. The van der Waals surface area contributed by atoms with Crippen LogP contribution >= 0.6 is 0 Å². The third-order valence-electron chi connectivity index (χ3n) is 3.04. The highest BCUT2D eigenvalue weighted by Gasteiger charge is 2.20. The molecule has 1 aliphatic heterocycles. The Morgan fingerprint density at radius 3 is 2.19 bits per heavy atom. The number of rotatable bonds is 2. The Kier molecular flexibility index (Phi) is 3.13. The van der Waals surface area contributed by atoms with Gasteiger partial charge < -0.3 is 9.80 Å². The van der Waals surface area contributed by atoms with E-state index in [-0.39, 0.29) is 6.04 Å². The van der Waals surface area contributed by atoms with Gasteiger partial charge in [0.1, 0.15) is 0 Å². The van der Waals surface area contributed by atoms with E-state index in [1.54, 1.807) is 0 Å². The number of guanidine groups is 1. The largest absolute Gasteiger partial charge is 0.344 e. The normalized spacial score (nSPS) is 17.8. The van der Waals surface area contributed by atoms with Gasteiger partial charge in [0, 0.05) is 27.2 Å². The van der Waals surface area contributed by atoms with Crippen LogP contribution in [0.1, 0.15) is 18.5 Å². The van der Waals surface area contributed by atoms with Gasteiger partial charge in [0.05, 0.1) is 6.04 Å². The van der Waals surface area contributed by atoms with Crippen molar-refractivity contribution < 1.29 is 0 Å². The Morgan fingerprint density at radius 1 is 1.06 bits per heavy atom. The predicted octanol–water partition coefficient (Wildman–Crippen LogP) is 1.98. The van der Waals surface area contributed by atoms with Crippen LogP contribution in [-0.4, -0.2) is 42.9 Å². The maximum atomic E-state index is 4.78. The van der Waals surface area contributed by atoms with Gasteiger partial charge in [0.25, 0.3) is 0 Å². The van der Waals surface area contributed by atoms with Crippen LogP contribution in [0.25, 0.3) is 0 Å². The molecule has 0 aliphatic carbocycles. The maximum absolute atomic E-state index is 4.78. The number of hydrogen-bond acceptors (Lipinski definition) is 1. The maximum Gasteiger partial charge on any atom is 0.196 e. The van der Waals surface area contributed by atoms with Crippen molar-refractivity contribution in [1.29, 1.82) is 0 Å². The van der Waals surface area contributed by atoms with Gasteiger partial charge in [-0.2, -0.15) is 0 Å².